The molecule has 0 aliphatic carbocycles. The first-order chi connectivity index (χ1) is 14.6. The Hall–Kier alpha value is -2.84. The van der Waals surface area contributed by atoms with Crippen molar-refractivity contribution in [2.45, 2.75) is 52.9 Å². The SMILES string of the molecule is CCCC(C)(C)CC(=O)C(C(=O)OCC)[C@@H](C[N+](=O)[O-])c1cc(OC)c2c(c1)OCO2. The van der Waals surface area contributed by atoms with Crippen LogP contribution in [0.15, 0.2) is 12.1 Å². The Kier molecular flexibility index (Phi) is 8.24. The van der Waals surface area contributed by atoms with Crippen molar-refractivity contribution >= 4 is 11.8 Å². The lowest BCUT2D eigenvalue weighted by Gasteiger charge is -2.28. The lowest BCUT2D eigenvalue weighted by Crippen LogP contribution is -2.37. The van der Waals surface area contributed by atoms with Crippen LogP contribution in [0.4, 0.5) is 0 Å². The number of rotatable bonds is 12. The second kappa shape index (κ2) is 10.5. The molecule has 0 amide bonds. The number of hydrogen-bond donors (Lipinski definition) is 0. The number of esters is 1. The van der Waals surface area contributed by atoms with Gasteiger partial charge in [-0.2, -0.15) is 0 Å². The van der Waals surface area contributed by atoms with Gasteiger partial charge in [0.05, 0.1) is 19.6 Å². The molecule has 0 N–H and O–H groups in total. The topological polar surface area (TPSA) is 114 Å². The molecular formula is C22H31NO8. The predicted molar refractivity (Wildman–Crippen MR) is 112 cm³/mol. The highest BCUT2D eigenvalue weighted by atomic mass is 16.7. The first-order valence-corrected chi connectivity index (χ1v) is 10.4. The number of Topliss-reactive ketones (excluding diaryl/α,β-unsaturated/α-hetero) is 1. The summed E-state index contributed by atoms with van der Waals surface area (Å²) in [6.07, 6.45) is 1.77. The van der Waals surface area contributed by atoms with E-state index < -0.39 is 29.3 Å². The van der Waals surface area contributed by atoms with Gasteiger partial charge < -0.3 is 18.9 Å². The summed E-state index contributed by atoms with van der Waals surface area (Å²) in [4.78, 5) is 37.2. The summed E-state index contributed by atoms with van der Waals surface area (Å²) in [6, 6.07) is 3.12. The molecule has 0 bridgehead atoms. The number of carbonyl (C=O) groups is 2. The van der Waals surface area contributed by atoms with Crippen LogP contribution in [0.1, 0.15) is 58.4 Å². The van der Waals surface area contributed by atoms with Gasteiger partial charge in [-0.3, -0.25) is 19.7 Å². The van der Waals surface area contributed by atoms with E-state index in [2.05, 4.69) is 0 Å². The van der Waals surface area contributed by atoms with E-state index in [1.54, 1.807) is 19.1 Å². The first-order valence-electron chi connectivity index (χ1n) is 10.4. The minimum atomic E-state index is -1.31. The van der Waals surface area contributed by atoms with E-state index in [0.717, 1.165) is 12.8 Å². The van der Waals surface area contributed by atoms with Crippen molar-refractivity contribution in [3.05, 3.63) is 27.8 Å². The number of ketones is 1. The summed E-state index contributed by atoms with van der Waals surface area (Å²) < 4.78 is 21.3. The van der Waals surface area contributed by atoms with Crippen LogP contribution in [0.25, 0.3) is 0 Å². The fourth-order valence-corrected chi connectivity index (χ4v) is 4.03. The molecule has 1 unspecified atom stereocenters. The first kappa shape index (κ1) is 24.4. The van der Waals surface area contributed by atoms with Gasteiger partial charge in [-0.25, -0.2) is 0 Å². The molecule has 0 radical (unpaired) electrons. The average Bonchev–Trinajstić information content (AvgIpc) is 3.14. The van der Waals surface area contributed by atoms with Crippen LogP contribution in [0.3, 0.4) is 0 Å². The molecule has 0 fully saturated rings. The van der Waals surface area contributed by atoms with E-state index in [4.69, 9.17) is 18.9 Å². The second-order valence-electron chi connectivity index (χ2n) is 8.37. The Balaban J connectivity index is 2.52. The number of methoxy groups -OCH3 is 1. The molecule has 1 aliphatic rings. The van der Waals surface area contributed by atoms with Gasteiger partial charge in [0.2, 0.25) is 19.1 Å². The summed E-state index contributed by atoms with van der Waals surface area (Å²) in [5, 5.41) is 11.5. The van der Waals surface area contributed by atoms with Gasteiger partial charge >= 0.3 is 5.97 Å². The molecule has 2 rings (SSSR count). The van der Waals surface area contributed by atoms with Crippen molar-refractivity contribution in [1.29, 1.82) is 0 Å². The monoisotopic (exact) mass is 437 g/mol. The van der Waals surface area contributed by atoms with Crippen molar-refractivity contribution < 1.29 is 33.5 Å². The van der Waals surface area contributed by atoms with Gasteiger partial charge in [-0.15, -0.1) is 0 Å². The van der Waals surface area contributed by atoms with Crippen LogP contribution in [0, 0.1) is 21.4 Å². The van der Waals surface area contributed by atoms with Crippen LogP contribution in [-0.2, 0) is 14.3 Å². The molecule has 1 aromatic carbocycles. The number of benzene rings is 1. The molecule has 1 heterocycles. The van der Waals surface area contributed by atoms with Crippen LogP contribution < -0.4 is 14.2 Å². The predicted octanol–water partition coefficient (Wildman–Crippen LogP) is 3.75. The maximum atomic E-state index is 13.3. The maximum absolute atomic E-state index is 13.3. The number of nitro groups is 1. The normalized spacial score (nSPS) is 14.6. The fourth-order valence-electron chi connectivity index (χ4n) is 4.03. The molecule has 1 aromatic rings. The summed E-state index contributed by atoms with van der Waals surface area (Å²) in [6.45, 7) is 6.98. The molecule has 0 saturated heterocycles. The average molecular weight is 437 g/mol. The van der Waals surface area contributed by atoms with E-state index >= 15 is 0 Å². The van der Waals surface area contributed by atoms with Crippen molar-refractivity contribution in [3.63, 3.8) is 0 Å². The zero-order valence-electron chi connectivity index (χ0n) is 18.8. The molecule has 9 heteroatoms. The lowest BCUT2D eigenvalue weighted by atomic mass is 9.75. The highest BCUT2D eigenvalue weighted by Crippen LogP contribution is 2.45. The molecule has 0 spiro atoms. The molecule has 1 aliphatic heterocycles. The van der Waals surface area contributed by atoms with Crippen LogP contribution >= 0.6 is 0 Å². The highest BCUT2D eigenvalue weighted by molar-refractivity contribution is 6.00. The van der Waals surface area contributed by atoms with Gasteiger partial charge in [0.1, 0.15) is 11.7 Å². The van der Waals surface area contributed by atoms with E-state index in [0.29, 0.717) is 22.8 Å². The summed E-state index contributed by atoms with van der Waals surface area (Å²) in [5.41, 5.74) is 0.0417. The highest BCUT2D eigenvalue weighted by Gasteiger charge is 2.42. The molecular weight excluding hydrogens is 406 g/mol. The minimum Gasteiger partial charge on any atom is -0.493 e. The Morgan fingerprint density at radius 2 is 1.97 bits per heavy atom. The second-order valence-corrected chi connectivity index (χ2v) is 8.37. The van der Waals surface area contributed by atoms with Crippen molar-refractivity contribution in [3.8, 4) is 17.2 Å². The maximum Gasteiger partial charge on any atom is 0.317 e. The third-order valence-electron chi connectivity index (χ3n) is 5.32. The van der Waals surface area contributed by atoms with Crippen LogP contribution in [0.5, 0.6) is 17.2 Å². The van der Waals surface area contributed by atoms with E-state index in [1.165, 1.54) is 7.11 Å². The van der Waals surface area contributed by atoms with Crippen molar-refractivity contribution in [2.75, 3.05) is 27.1 Å². The summed E-state index contributed by atoms with van der Waals surface area (Å²) >= 11 is 0. The van der Waals surface area contributed by atoms with Gasteiger partial charge in [-0.05, 0) is 36.5 Å². The van der Waals surface area contributed by atoms with Gasteiger partial charge in [-0.1, -0.05) is 27.2 Å². The van der Waals surface area contributed by atoms with Crippen molar-refractivity contribution in [2.24, 2.45) is 11.3 Å². The Bertz CT molecular complexity index is 820. The van der Waals surface area contributed by atoms with Gasteiger partial charge in [0.25, 0.3) is 0 Å². The number of ether oxygens (including phenoxy) is 4. The van der Waals surface area contributed by atoms with E-state index in [1.807, 2.05) is 20.8 Å². The van der Waals surface area contributed by atoms with Crippen LogP contribution in [0.2, 0.25) is 0 Å². The number of nitrogens with zero attached hydrogens (tertiary/aromatic N) is 1. The Labute approximate surface area is 182 Å². The zero-order valence-corrected chi connectivity index (χ0v) is 18.8. The molecule has 31 heavy (non-hydrogen) atoms. The number of fused-ring (bicyclic) bond motifs is 1. The number of carbonyl (C=O) groups excluding carboxylic acids is 2. The molecule has 172 valence electrons. The molecule has 0 saturated carbocycles. The lowest BCUT2D eigenvalue weighted by molar-refractivity contribution is -0.484. The van der Waals surface area contributed by atoms with Crippen LogP contribution in [-0.4, -0.2) is 43.7 Å². The number of hydrogen-bond acceptors (Lipinski definition) is 8. The minimum absolute atomic E-state index is 0.0134. The smallest absolute Gasteiger partial charge is 0.317 e. The van der Waals surface area contributed by atoms with Crippen molar-refractivity contribution in [1.82, 2.24) is 0 Å². The van der Waals surface area contributed by atoms with Gasteiger partial charge in [0, 0.05) is 11.3 Å². The molecule has 9 nitrogen and oxygen atoms in total. The third-order valence-corrected chi connectivity index (χ3v) is 5.32. The Morgan fingerprint density at radius 1 is 1.26 bits per heavy atom. The largest absolute Gasteiger partial charge is 0.493 e. The quantitative estimate of drug-likeness (QED) is 0.210. The molecule has 0 aromatic heterocycles. The fraction of sp³-hybridized carbons (Fsp3) is 0.636. The third kappa shape index (κ3) is 6.08. The summed E-state index contributed by atoms with van der Waals surface area (Å²) in [7, 11) is 1.44. The van der Waals surface area contributed by atoms with E-state index in [9.17, 15) is 19.7 Å². The summed E-state index contributed by atoms with van der Waals surface area (Å²) in [5.74, 6) is -2.43. The zero-order chi connectivity index (χ0) is 23.2. The molecule has 2 atom stereocenters. The Morgan fingerprint density at radius 3 is 2.55 bits per heavy atom. The van der Waals surface area contributed by atoms with E-state index in [-0.39, 0.29) is 31.0 Å². The standard InChI is InChI=1S/C22H31NO8/c1-6-8-22(3,4)11-16(24)19(21(25)29-7-2)15(12-23(26)27)14-9-17(28-5)20-18(10-14)30-13-31-20/h9-10,15,19H,6-8,11-13H2,1-5H3/t15-,19?/m0/s1. The van der Waals surface area contributed by atoms with Gasteiger partial charge in [0.15, 0.2) is 11.5 Å².